The second-order valence-electron chi connectivity index (χ2n) is 5.99. The molecule has 0 aliphatic carbocycles. The average Bonchev–Trinajstić information content (AvgIpc) is 2.60. The predicted octanol–water partition coefficient (Wildman–Crippen LogP) is 0.418. The molecule has 0 aliphatic heterocycles. The highest BCUT2D eigenvalue weighted by molar-refractivity contribution is 5.96. The monoisotopic (exact) mass is 326 g/mol. The molecule has 24 heavy (non-hydrogen) atoms. The van der Waals surface area contributed by atoms with Gasteiger partial charge < -0.3 is 15.5 Å². The first kappa shape index (κ1) is 17.7. The zero-order valence-corrected chi connectivity index (χ0v) is 14.1. The maximum absolute atomic E-state index is 12.2. The molecule has 0 unspecified atom stereocenters. The van der Waals surface area contributed by atoms with Crippen LogP contribution in [-0.2, 0) is 4.79 Å². The number of hydrogen-bond acceptors (Lipinski definition) is 2. The van der Waals surface area contributed by atoms with Crippen molar-refractivity contribution in [2.24, 2.45) is 0 Å². The van der Waals surface area contributed by atoms with Crippen LogP contribution in [0.1, 0.15) is 22.0 Å². The van der Waals surface area contributed by atoms with Crippen LogP contribution in [0.5, 0.6) is 0 Å². The van der Waals surface area contributed by atoms with E-state index < -0.39 is 0 Å². The molecular formula is C19H24N3O2+. The number of carbonyl (C=O) groups is 2. The standard InChI is InChI=1S/C19H23N3O2/c1-22(2)14-17(15-9-5-3-6-10-15)21-18(23)13-20-19(24)16-11-7-4-8-12-16/h3-12,17H,13-14H2,1-2H3,(H,20,24)(H,21,23)/p+1/t17-/m0/s1. The van der Waals surface area contributed by atoms with E-state index in [1.165, 1.54) is 4.90 Å². The van der Waals surface area contributed by atoms with Crippen LogP contribution in [0.25, 0.3) is 0 Å². The zero-order chi connectivity index (χ0) is 17.4. The first-order valence-electron chi connectivity index (χ1n) is 8.03. The van der Waals surface area contributed by atoms with Crippen LogP contribution >= 0.6 is 0 Å². The van der Waals surface area contributed by atoms with Crippen molar-refractivity contribution in [1.29, 1.82) is 0 Å². The number of nitrogens with one attached hydrogen (secondary N) is 3. The Morgan fingerprint density at radius 3 is 2.12 bits per heavy atom. The normalized spacial score (nSPS) is 11.8. The van der Waals surface area contributed by atoms with Crippen molar-refractivity contribution in [3.05, 3.63) is 71.8 Å². The van der Waals surface area contributed by atoms with Gasteiger partial charge in [-0.1, -0.05) is 48.5 Å². The van der Waals surface area contributed by atoms with E-state index in [1.807, 2.05) is 50.5 Å². The molecule has 5 heteroatoms. The van der Waals surface area contributed by atoms with Gasteiger partial charge in [-0.05, 0) is 17.7 Å². The van der Waals surface area contributed by atoms with E-state index in [4.69, 9.17) is 0 Å². The lowest BCUT2D eigenvalue weighted by Crippen LogP contribution is -3.06. The van der Waals surface area contributed by atoms with Crippen LogP contribution in [0.15, 0.2) is 60.7 Å². The van der Waals surface area contributed by atoms with Gasteiger partial charge in [0, 0.05) is 5.56 Å². The number of benzene rings is 2. The molecule has 0 bridgehead atoms. The summed E-state index contributed by atoms with van der Waals surface area (Å²) >= 11 is 0. The van der Waals surface area contributed by atoms with Gasteiger partial charge in [-0.3, -0.25) is 9.59 Å². The minimum Gasteiger partial charge on any atom is -0.343 e. The van der Waals surface area contributed by atoms with Crippen molar-refractivity contribution in [2.75, 3.05) is 27.2 Å². The smallest absolute Gasteiger partial charge is 0.251 e. The molecule has 5 nitrogen and oxygen atoms in total. The summed E-state index contributed by atoms with van der Waals surface area (Å²) in [6.07, 6.45) is 0. The van der Waals surface area contributed by atoms with E-state index in [0.29, 0.717) is 5.56 Å². The highest BCUT2D eigenvalue weighted by Crippen LogP contribution is 2.10. The summed E-state index contributed by atoms with van der Waals surface area (Å²) in [6, 6.07) is 18.6. The van der Waals surface area contributed by atoms with Gasteiger partial charge in [0.1, 0.15) is 12.6 Å². The van der Waals surface area contributed by atoms with Gasteiger partial charge in [0.25, 0.3) is 5.91 Å². The Balaban J connectivity index is 1.92. The summed E-state index contributed by atoms with van der Waals surface area (Å²) in [5, 5.41) is 5.65. The molecule has 0 fully saturated rings. The molecule has 3 N–H and O–H groups in total. The third-order valence-corrected chi connectivity index (χ3v) is 3.60. The topological polar surface area (TPSA) is 62.6 Å². The van der Waals surface area contributed by atoms with Crippen molar-refractivity contribution in [2.45, 2.75) is 6.04 Å². The molecule has 0 spiro atoms. The van der Waals surface area contributed by atoms with E-state index in [2.05, 4.69) is 10.6 Å². The van der Waals surface area contributed by atoms with Crippen molar-refractivity contribution in [3.8, 4) is 0 Å². The molecule has 2 amide bonds. The lowest BCUT2D eigenvalue weighted by atomic mass is 10.1. The van der Waals surface area contributed by atoms with Gasteiger partial charge >= 0.3 is 0 Å². The summed E-state index contributed by atoms with van der Waals surface area (Å²) < 4.78 is 0. The van der Waals surface area contributed by atoms with Gasteiger partial charge in [0.2, 0.25) is 5.91 Å². The molecule has 126 valence electrons. The van der Waals surface area contributed by atoms with Gasteiger partial charge in [0.05, 0.1) is 20.6 Å². The van der Waals surface area contributed by atoms with Gasteiger partial charge in [-0.2, -0.15) is 0 Å². The van der Waals surface area contributed by atoms with Crippen LogP contribution in [0.3, 0.4) is 0 Å². The summed E-state index contributed by atoms with van der Waals surface area (Å²) in [7, 11) is 4.08. The van der Waals surface area contributed by atoms with Crippen molar-refractivity contribution in [3.63, 3.8) is 0 Å². The third-order valence-electron chi connectivity index (χ3n) is 3.60. The number of likely N-dealkylation sites (N-methyl/N-ethyl adjacent to an activating group) is 1. The highest BCUT2D eigenvalue weighted by atomic mass is 16.2. The quantitative estimate of drug-likeness (QED) is 0.690. The molecule has 0 aromatic heterocycles. The van der Waals surface area contributed by atoms with Crippen LogP contribution in [0.4, 0.5) is 0 Å². The Hall–Kier alpha value is -2.66. The lowest BCUT2D eigenvalue weighted by molar-refractivity contribution is -0.860. The molecule has 0 heterocycles. The van der Waals surface area contributed by atoms with E-state index in [0.717, 1.165) is 12.1 Å². The van der Waals surface area contributed by atoms with Gasteiger partial charge in [-0.15, -0.1) is 0 Å². The molecule has 0 aliphatic rings. The largest absolute Gasteiger partial charge is 0.343 e. The Bertz CT molecular complexity index is 657. The average molecular weight is 326 g/mol. The number of carbonyl (C=O) groups excluding carboxylic acids is 2. The molecule has 0 radical (unpaired) electrons. The number of rotatable bonds is 7. The Labute approximate surface area is 142 Å². The maximum atomic E-state index is 12.2. The second-order valence-corrected chi connectivity index (χ2v) is 5.99. The van der Waals surface area contributed by atoms with Gasteiger partial charge in [-0.25, -0.2) is 0 Å². The Morgan fingerprint density at radius 2 is 1.54 bits per heavy atom. The minimum absolute atomic E-state index is 0.0418. The van der Waals surface area contributed by atoms with Crippen molar-refractivity contribution in [1.82, 2.24) is 10.6 Å². The fourth-order valence-electron chi connectivity index (χ4n) is 2.44. The van der Waals surface area contributed by atoms with Crippen LogP contribution in [-0.4, -0.2) is 39.0 Å². The zero-order valence-electron chi connectivity index (χ0n) is 14.1. The maximum Gasteiger partial charge on any atom is 0.251 e. The van der Waals surface area contributed by atoms with Gasteiger partial charge in [0.15, 0.2) is 0 Å². The summed E-state index contributed by atoms with van der Waals surface area (Å²) in [5.41, 5.74) is 1.60. The van der Waals surface area contributed by atoms with Crippen molar-refractivity contribution >= 4 is 11.8 Å². The fourth-order valence-corrected chi connectivity index (χ4v) is 2.44. The molecule has 1 atom stereocenters. The Morgan fingerprint density at radius 1 is 0.958 bits per heavy atom. The Kier molecular flexibility index (Phi) is 6.51. The molecule has 2 aromatic rings. The van der Waals surface area contributed by atoms with E-state index in [9.17, 15) is 9.59 Å². The van der Waals surface area contributed by atoms with Crippen LogP contribution in [0.2, 0.25) is 0 Å². The van der Waals surface area contributed by atoms with Crippen LogP contribution in [0, 0.1) is 0 Å². The van der Waals surface area contributed by atoms with E-state index in [1.54, 1.807) is 24.3 Å². The number of quaternary nitrogens is 1. The molecule has 2 aromatic carbocycles. The molecular weight excluding hydrogens is 302 g/mol. The minimum atomic E-state index is -0.250. The number of hydrogen-bond donors (Lipinski definition) is 3. The van der Waals surface area contributed by atoms with E-state index >= 15 is 0 Å². The summed E-state index contributed by atoms with van der Waals surface area (Å²) in [6.45, 7) is 0.724. The fraction of sp³-hybridized carbons (Fsp3) is 0.263. The van der Waals surface area contributed by atoms with Crippen molar-refractivity contribution < 1.29 is 14.5 Å². The summed E-state index contributed by atoms with van der Waals surface area (Å²) in [5.74, 6) is -0.449. The second kappa shape index (κ2) is 8.84. The molecule has 2 rings (SSSR count). The SMILES string of the molecule is C[NH+](C)C[C@H](NC(=O)CNC(=O)c1ccccc1)c1ccccc1. The first-order valence-corrected chi connectivity index (χ1v) is 8.03. The first-order chi connectivity index (χ1) is 11.6. The molecule has 0 saturated carbocycles. The highest BCUT2D eigenvalue weighted by Gasteiger charge is 2.18. The van der Waals surface area contributed by atoms with Crippen LogP contribution < -0.4 is 15.5 Å². The van der Waals surface area contributed by atoms with E-state index in [-0.39, 0.29) is 24.4 Å². The third kappa shape index (κ3) is 5.52. The summed E-state index contributed by atoms with van der Waals surface area (Å²) in [4.78, 5) is 25.4. The lowest BCUT2D eigenvalue weighted by Gasteiger charge is -2.21. The predicted molar refractivity (Wildman–Crippen MR) is 93.8 cm³/mol. The molecule has 0 saturated heterocycles. The number of amides is 2.